The molecule has 17 nitrogen and oxygen atoms in total. The number of esters is 2. The van der Waals surface area contributed by atoms with Crippen LogP contribution in [-0.2, 0) is 49.4 Å². The molecule has 0 bridgehead atoms. The van der Waals surface area contributed by atoms with Gasteiger partial charge in [-0.1, -0.05) is 89.8 Å². The van der Waals surface area contributed by atoms with Crippen molar-refractivity contribution in [2.75, 3.05) is 54.4 Å². The number of amides is 5. The molecule has 0 saturated heterocycles. The van der Waals surface area contributed by atoms with E-state index in [-0.39, 0.29) is 30.9 Å². The predicted octanol–water partition coefficient (Wildman–Crippen LogP) is 6.61. The van der Waals surface area contributed by atoms with Gasteiger partial charge in [0.1, 0.15) is 35.9 Å². The van der Waals surface area contributed by atoms with E-state index in [9.17, 15) is 33.6 Å². The van der Waals surface area contributed by atoms with E-state index >= 15 is 0 Å². The molecule has 18 heteroatoms. The minimum absolute atomic E-state index is 0.0587. The van der Waals surface area contributed by atoms with Gasteiger partial charge in [0.2, 0.25) is 23.6 Å². The molecule has 0 radical (unpaired) electrons. The summed E-state index contributed by atoms with van der Waals surface area (Å²) in [4.78, 5) is 103. The third-order valence-electron chi connectivity index (χ3n) is 13.4. The van der Waals surface area contributed by atoms with Crippen LogP contribution in [0, 0.1) is 17.8 Å². The molecule has 4 N–H and O–H groups in total. The lowest BCUT2D eigenvalue weighted by Gasteiger charge is -2.35. The average molecular weight is 1030 g/mol. The standard InChI is InChI=1S/C54H88ClN7O10/c1-16-35(5)46-48(64)59-54(10,11)52(68)72-47(36(6)17-2)38(8)44(71-53(69)60(13)29-21-19-18-20-28-56-12)27-22-37(7)51(67)70-42(30-34(3)4)32-57-39(9)49(65)62(15)43(31-40-23-25-41(55)26-24-40)50(66)61(14)33-45(63)58-46/h17,22-26,34-35,38-39,42-44,46-47,56-57H,16,18-21,27-33H2,1-15H3,(H,58,63)(H,59,64)/b36-17+,37-22+/t35?,38-,39-,42+,43+,44-,46-,47+/m0/s1. The summed E-state index contributed by atoms with van der Waals surface area (Å²) in [6.07, 6.45) is 5.22. The monoisotopic (exact) mass is 1030 g/mol. The van der Waals surface area contributed by atoms with E-state index in [0.717, 1.165) is 37.8 Å². The Balaban J connectivity index is 2.71. The average Bonchev–Trinajstić information content (AvgIpc) is 3.33. The van der Waals surface area contributed by atoms with Gasteiger partial charge < -0.3 is 50.2 Å². The number of carbonyl (C=O) groups is 7. The maximum absolute atomic E-state index is 14.4. The lowest BCUT2D eigenvalue weighted by Crippen LogP contribution is -2.60. The van der Waals surface area contributed by atoms with Gasteiger partial charge in [0.05, 0.1) is 12.6 Å². The molecule has 0 fully saturated rings. The van der Waals surface area contributed by atoms with Crippen LogP contribution >= 0.6 is 11.6 Å². The van der Waals surface area contributed by atoms with Gasteiger partial charge in [0.15, 0.2) is 0 Å². The van der Waals surface area contributed by atoms with Crippen molar-refractivity contribution in [2.24, 2.45) is 17.8 Å². The minimum atomic E-state index is -1.62. The molecule has 1 aromatic carbocycles. The number of nitrogens with zero attached hydrogens (tertiary/aromatic N) is 3. The number of benzene rings is 1. The Morgan fingerprint density at radius 3 is 2.24 bits per heavy atom. The van der Waals surface area contributed by atoms with Crippen LogP contribution in [0.15, 0.2) is 47.6 Å². The van der Waals surface area contributed by atoms with Crippen molar-refractivity contribution in [3.63, 3.8) is 0 Å². The van der Waals surface area contributed by atoms with Crippen LogP contribution in [0.2, 0.25) is 5.02 Å². The Kier molecular flexibility index (Phi) is 27.1. The Labute approximate surface area is 435 Å². The SMILES string of the molecule is C/C=C(\C)[C@H]1OC(=O)C(C)(C)NC(=O)[C@H](C(C)CC)NC(=O)CN(C)C(=O)[C@@H](Cc2ccc(Cl)cc2)N(C)C(=O)[C@H](C)NC[C@@H](CC(C)C)OC(=O)/C(C)=C/C[C@H](OC(=O)N(C)CCCCCCNC)[C@@H]1C. The molecular formula is C54H88ClN7O10. The molecule has 1 aliphatic heterocycles. The molecule has 406 valence electrons. The smallest absolute Gasteiger partial charge is 0.409 e. The normalized spacial score (nSPS) is 25.4. The highest BCUT2D eigenvalue weighted by Gasteiger charge is 2.41. The van der Waals surface area contributed by atoms with Crippen LogP contribution < -0.4 is 21.3 Å². The summed E-state index contributed by atoms with van der Waals surface area (Å²) in [7, 11) is 6.56. The lowest BCUT2D eigenvalue weighted by atomic mass is 9.90. The predicted molar refractivity (Wildman–Crippen MR) is 282 cm³/mol. The van der Waals surface area contributed by atoms with Crippen molar-refractivity contribution in [3.8, 4) is 0 Å². The third-order valence-corrected chi connectivity index (χ3v) is 13.7. The number of hydrogen-bond donors (Lipinski definition) is 4. The second-order valence-electron chi connectivity index (χ2n) is 20.5. The first-order chi connectivity index (χ1) is 33.8. The van der Waals surface area contributed by atoms with E-state index in [1.807, 2.05) is 27.8 Å². The Bertz CT molecular complexity index is 2010. The van der Waals surface area contributed by atoms with Crippen LogP contribution in [0.4, 0.5) is 4.79 Å². The van der Waals surface area contributed by atoms with Crippen molar-refractivity contribution >= 4 is 53.3 Å². The second-order valence-corrected chi connectivity index (χ2v) is 21.0. The first kappa shape index (κ1) is 63.1. The van der Waals surface area contributed by atoms with Gasteiger partial charge in [-0.2, -0.15) is 0 Å². The largest absolute Gasteiger partial charge is 0.458 e. The fraction of sp³-hybridized carbons (Fsp3) is 0.685. The van der Waals surface area contributed by atoms with Crippen molar-refractivity contribution in [1.82, 2.24) is 36.0 Å². The highest BCUT2D eigenvalue weighted by atomic mass is 35.5. The number of carbonyl (C=O) groups excluding carboxylic acids is 7. The Morgan fingerprint density at radius 1 is 1.00 bits per heavy atom. The van der Waals surface area contributed by atoms with Crippen LogP contribution in [0.1, 0.15) is 127 Å². The van der Waals surface area contributed by atoms with E-state index in [1.165, 1.54) is 42.6 Å². The molecule has 8 atom stereocenters. The zero-order valence-corrected chi connectivity index (χ0v) is 46.7. The van der Waals surface area contributed by atoms with Gasteiger partial charge in [-0.3, -0.25) is 19.2 Å². The Morgan fingerprint density at radius 2 is 1.64 bits per heavy atom. The minimum Gasteiger partial charge on any atom is -0.458 e. The highest BCUT2D eigenvalue weighted by Crippen LogP contribution is 2.28. The van der Waals surface area contributed by atoms with Gasteiger partial charge in [0, 0.05) is 63.6 Å². The lowest BCUT2D eigenvalue weighted by molar-refractivity contribution is -0.160. The van der Waals surface area contributed by atoms with Gasteiger partial charge >= 0.3 is 18.0 Å². The van der Waals surface area contributed by atoms with E-state index in [0.29, 0.717) is 30.0 Å². The summed E-state index contributed by atoms with van der Waals surface area (Å²) in [5.41, 5.74) is 0.0106. The van der Waals surface area contributed by atoms with Gasteiger partial charge in [-0.15, -0.1) is 0 Å². The summed E-state index contributed by atoms with van der Waals surface area (Å²) in [6.45, 7) is 20.4. The third kappa shape index (κ3) is 20.5. The summed E-state index contributed by atoms with van der Waals surface area (Å²) in [6, 6.07) is 3.89. The molecule has 2 rings (SSSR count). The fourth-order valence-electron chi connectivity index (χ4n) is 8.24. The molecule has 1 aliphatic rings. The number of ether oxygens (including phenoxy) is 3. The van der Waals surface area contributed by atoms with Crippen molar-refractivity contribution in [2.45, 2.75) is 170 Å². The zero-order chi connectivity index (χ0) is 54.5. The quantitative estimate of drug-likeness (QED) is 0.0635. The first-order valence-electron chi connectivity index (χ1n) is 25.7. The number of rotatable bonds is 15. The van der Waals surface area contributed by atoms with E-state index in [1.54, 1.807) is 85.0 Å². The van der Waals surface area contributed by atoms with Crippen molar-refractivity contribution in [1.29, 1.82) is 0 Å². The van der Waals surface area contributed by atoms with E-state index < -0.39 is 102 Å². The van der Waals surface area contributed by atoms with E-state index in [2.05, 4.69) is 21.3 Å². The topological polar surface area (TPSA) is 205 Å². The number of allylic oxidation sites excluding steroid dienone is 1. The van der Waals surface area contributed by atoms with Crippen molar-refractivity contribution < 1.29 is 47.8 Å². The maximum Gasteiger partial charge on any atom is 0.409 e. The van der Waals surface area contributed by atoms with Crippen LogP contribution in [-0.4, -0.2) is 153 Å². The summed E-state index contributed by atoms with van der Waals surface area (Å²) in [5, 5.41) is 12.5. The number of halogens is 1. The number of likely N-dealkylation sites (N-methyl/N-ethyl adjacent to an activating group) is 2. The molecule has 1 heterocycles. The van der Waals surface area contributed by atoms with Gasteiger partial charge in [-0.05, 0) is 110 Å². The number of cyclic esters (lactones) is 2. The molecule has 0 saturated carbocycles. The summed E-state index contributed by atoms with van der Waals surface area (Å²) >= 11 is 6.18. The molecule has 72 heavy (non-hydrogen) atoms. The molecular weight excluding hydrogens is 942 g/mol. The molecule has 0 aromatic heterocycles. The maximum atomic E-state index is 14.4. The summed E-state index contributed by atoms with van der Waals surface area (Å²) in [5.74, 6) is -4.56. The number of unbranched alkanes of at least 4 members (excludes halogenated alkanes) is 3. The van der Waals surface area contributed by atoms with Gasteiger partial charge in [0.25, 0.3) is 0 Å². The fourth-order valence-corrected chi connectivity index (χ4v) is 8.36. The first-order valence-corrected chi connectivity index (χ1v) is 26.0. The Hall–Kier alpha value is -5.00. The second kappa shape index (κ2) is 30.9. The molecule has 1 unspecified atom stereocenters. The van der Waals surface area contributed by atoms with Crippen LogP contribution in [0.25, 0.3) is 0 Å². The molecule has 1 aromatic rings. The number of hydrogen-bond acceptors (Lipinski definition) is 12. The summed E-state index contributed by atoms with van der Waals surface area (Å²) < 4.78 is 18.5. The van der Waals surface area contributed by atoms with Crippen LogP contribution in [0.5, 0.6) is 0 Å². The molecule has 0 aliphatic carbocycles. The number of nitrogens with one attached hydrogen (secondary N) is 4. The zero-order valence-electron chi connectivity index (χ0n) is 45.9. The molecule has 5 amide bonds. The van der Waals surface area contributed by atoms with Crippen molar-refractivity contribution in [3.05, 3.63) is 58.1 Å². The van der Waals surface area contributed by atoms with Gasteiger partial charge in [-0.25, -0.2) is 14.4 Å². The highest BCUT2D eigenvalue weighted by molar-refractivity contribution is 6.30. The van der Waals surface area contributed by atoms with Crippen LogP contribution in [0.3, 0.4) is 0 Å². The van der Waals surface area contributed by atoms with E-state index in [4.69, 9.17) is 25.8 Å². The molecule has 0 spiro atoms.